The molecular formula is C15H17IN2O4. The van der Waals surface area contributed by atoms with E-state index in [0.717, 1.165) is 29.3 Å². The van der Waals surface area contributed by atoms with Crippen LogP contribution in [0.15, 0.2) is 24.3 Å². The second-order valence-electron chi connectivity index (χ2n) is 5.06. The van der Waals surface area contributed by atoms with Gasteiger partial charge in [0.05, 0.1) is 5.56 Å². The molecule has 1 aliphatic rings. The summed E-state index contributed by atoms with van der Waals surface area (Å²) in [5.41, 5.74) is 0.395. The van der Waals surface area contributed by atoms with Gasteiger partial charge in [0.2, 0.25) is 0 Å². The molecule has 2 rings (SSSR count). The molecule has 0 heterocycles. The van der Waals surface area contributed by atoms with Crippen molar-refractivity contribution in [1.29, 1.82) is 0 Å². The van der Waals surface area contributed by atoms with Crippen LogP contribution < -0.4 is 10.6 Å². The number of imide groups is 1. The molecule has 22 heavy (non-hydrogen) atoms. The Morgan fingerprint density at radius 2 is 1.86 bits per heavy atom. The normalized spacial score (nSPS) is 14.4. The van der Waals surface area contributed by atoms with Crippen LogP contribution in [0.25, 0.3) is 0 Å². The van der Waals surface area contributed by atoms with E-state index in [1.807, 2.05) is 22.6 Å². The molecule has 0 radical (unpaired) electrons. The van der Waals surface area contributed by atoms with E-state index in [1.165, 1.54) is 0 Å². The zero-order valence-corrected chi connectivity index (χ0v) is 14.1. The first-order chi connectivity index (χ1) is 10.6. The van der Waals surface area contributed by atoms with Crippen LogP contribution in [-0.4, -0.2) is 30.6 Å². The van der Waals surface area contributed by atoms with E-state index in [9.17, 15) is 14.4 Å². The fraction of sp³-hybridized carbons (Fsp3) is 0.400. The first kappa shape index (κ1) is 16.7. The number of carbonyl (C=O) groups is 3. The number of carbonyl (C=O) groups excluding carboxylic acids is 3. The van der Waals surface area contributed by atoms with Crippen molar-refractivity contribution in [3.8, 4) is 0 Å². The van der Waals surface area contributed by atoms with Crippen LogP contribution in [0.5, 0.6) is 0 Å². The third-order valence-corrected chi connectivity index (χ3v) is 4.31. The molecule has 7 heteroatoms. The predicted molar refractivity (Wildman–Crippen MR) is 88.4 cm³/mol. The number of amides is 3. The van der Waals surface area contributed by atoms with Gasteiger partial charge in [0.15, 0.2) is 6.61 Å². The summed E-state index contributed by atoms with van der Waals surface area (Å²) in [7, 11) is 0. The zero-order valence-electron chi connectivity index (χ0n) is 11.9. The molecule has 0 spiro atoms. The maximum absolute atomic E-state index is 11.8. The zero-order chi connectivity index (χ0) is 15.9. The van der Waals surface area contributed by atoms with Crippen LogP contribution >= 0.6 is 22.6 Å². The number of hydrogen-bond acceptors (Lipinski definition) is 4. The second kappa shape index (κ2) is 8.11. The number of halogens is 1. The Kier molecular flexibility index (Phi) is 6.17. The van der Waals surface area contributed by atoms with E-state index in [2.05, 4.69) is 10.6 Å². The lowest BCUT2D eigenvalue weighted by molar-refractivity contribution is -0.123. The molecule has 1 aliphatic carbocycles. The molecular weight excluding hydrogens is 399 g/mol. The van der Waals surface area contributed by atoms with Crippen LogP contribution in [0.1, 0.15) is 36.0 Å². The van der Waals surface area contributed by atoms with Crippen LogP contribution in [-0.2, 0) is 9.53 Å². The number of urea groups is 1. The van der Waals surface area contributed by atoms with Gasteiger partial charge in [-0.1, -0.05) is 25.0 Å². The van der Waals surface area contributed by atoms with Crippen molar-refractivity contribution < 1.29 is 19.1 Å². The summed E-state index contributed by atoms with van der Waals surface area (Å²) in [5.74, 6) is -1.23. The minimum atomic E-state index is -0.644. The number of nitrogens with one attached hydrogen (secondary N) is 2. The molecule has 1 fully saturated rings. The first-order valence-electron chi connectivity index (χ1n) is 7.08. The standard InChI is InChI=1S/C15H17IN2O4/c16-12-8-4-3-7-11(12)14(20)22-9-13(19)18-15(21)17-10-5-1-2-6-10/h3-4,7-8,10H,1-2,5-6,9H2,(H2,17,18,19,21). The molecule has 0 aromatic heterocycles. The largest absolute Gasteiger partial charge is 0.452 e. The summed E-state index contributed by atoms with van der Waals surface area (Å²) >= 11 is 2.01. The van der Waals surface area contributed by atoms with Crippen molar-refractivity contribution in [2.45, 2.75) is 31.7 Å². The monoisotopic (exact) mass is 416 g/mol. The predicted octanol–water partition coefficient (Wildman–Crippen LogP) is 2.22. The fourth-order valence-electron chi connectivity index (χ4n) is 2.29. The molecule has 3 amide bonds. The van der Waals surface area contributed by atoms with Gasteiger partial charge in [-0.05, 0) is 47.6 Å². The molecule has 0 bridgehead atoms. The van der Waals surface area contributed by atoms with Gasteiger partial charge in [0.1, 0.15) is 0 Å². The SMILES string of the molecule is O=C(COC(=O)c1ccccc1I)NC(=O)NC1CCCC1. The van der Waals surface area contributed by atoms with E-state index < -0.39 is 24.5 Å². The van der Waals surface area contributed by atoms with Crippen LogP contribution in [0, 0.1) is 3.57 Å². The quantitative estimate of drug-likeness (QED) is 0.583. The van der Waals surface area contributed by atoms with Gasteiger partial charge < -0.3 is 10.1 Å². The van der Waals surface area contributed by atoms with E-state index in [4.69, 9.17) is 4.74 Å². The summed E-state index contributed by atoms with van der Waals surface area (Å²) in [4.78, 5) is 35.0. The second-order valence-corrected chi connectivity index (χ2v) is 6.22. The minimum Gasteiger partial charge on any atom is -0.452 e. The van der Waals surface area contributed by atoms with Gasteiger partial charge in [0, 0.05) is 9.61 Å². The first-order valence-corrected chi connectivity index (χ1v) is 8.16. The topological polar surface area (TPSA) is 84.5 Å². The minimum absolute atomic E-state index is 0.126. The Morgan fingerprint density at radius 1 is 1.18 bits per heavy atom. The Bertz CT molecular complexity index is 570. The maximum Gasteiger partial charge on any atom is 0.339 e. The Morgan fingerprint density at radius 3 is 2.55 bits per heavy atom. The molecule has 1 saturated carbocycles. The molecule has 1 aromatic carbocycles. The average Bonchev–Trinajstić information content (AvgIpc) is 2.98. The molecule has 0 saturated heterocycles. The van der Waals surface area contributed by atoms with Gasteiger partial charge in [-0.2, -0.15) is 0 Å². The van der Waals surface area contributed by atoms with Crippen LogP contribution in [0.4, 0.5) is 4.79 Å². The highest BCUT2D eigenvalue weighted by molar-refractivity contribution is 14.1. The van der Waals surface area contributed by atoms with E-state index in [0.29, 0.717) is 5.56 Å². The van der Waals surface area contributed by atoms with E-state index in [-0.39, 0.29) is 6.04 Å². The third kappa shape index (κ3) is 4.97. The van der Waals surface area contributed by atoms with Crippen molar-refractivity contribution in [2.24, 2.45) is 0 Å². The van der Waals surface area contributed by atoms with Gasteiger partial charge in [-0.25, -0.2) is 9.59 Å². The summed E-state index contributed by atoms with van der Waals surface area (Å²) in [6, 6.07) is 6.50. The van der Waals surface area contributed by atoms with Gasteiger partial charge >= 0.3 is 12.0 Å². The van der Waals surface area contributed by atoms with Crippen molar-refractivity contribution >= 4 is 40.5 Å². The summed E-state index contributed by atoms with van der Waals surface area (Å²) in [5, 5.41) is 4.89. The smallest absolute Gasteiger partial charge is 0.339 e. The molecule has 0 atom stereocenters. The number of rotatable bonds is 4. The lowest BCUT2D eigenvalue weighted by Gasteiger charge is -2.12. The third-order valence-electron chi connectivity index (χ3n) is 3.37. The van der Waals surface area contributed by atoms with E-state index in [1.54, 1.807) is 24.3 Å². The summed E-state index contributed by atoms with van der Waals surface area (Å²) in [6.07, 6.45) is 4.05. The molecule has 6 nitrogen and oxygen atoms in total. The fourth-order valence-corrected chi connectivity index (χ4v) is 2.90. The summed E-state index contributed by atoms with van der Waals surface area (Å²) < 4.78 is 5.65. The molecule has 0 unspecified atom stereocenters. The average molecular weight is 416 g/mol. The molecule has 1 aromatic rings. The van der Waals surface area contributed by atoms with Gasteiger partial charge in [-0.3, -0.25) is 10.1 Å². The lowest BCUT2D eigenvalue weighted by Crippen LogP contribution is -2.45. The van der Waals surface area contributed by atoms with Crippen molar-refractivity contribution in [2.75, 3.05) is 6.61 Å². The van der Waals surface area contributed by atoms with Crippen molar-refractivity contribution in [3.63, 3.8) is 0 Å². The Balaban J connectivity index is 1.74. The molecule has 118 valence electrons. The number of esters is 1. The van der Waals surface area contributed by atoms with Gasteiger partial charge in [0.25, 0.3) is 5.91 Å². The molecule has 0 aliphatic heterocycles. The Labute approximate surface area is 142 Å². The van der Waals surface area contributed by atoms with Gasteiger partial charge in [-0.15, -0.1) is 0 Å². The lowest BCUT2D eigenvalue weighted by atomic mass is 10.2. The number of hydrogen-bond donors (Lipinski definition) is 2. The number of ether oxygens (including phenoxy) is 1. The van der Waals surface area contributed by atoms with Crippen molar-refractivity contribution in [1.82, 2.24) is 10.6 Å². The highest BCUT2D eigenvalue weighted by atomic mass is 127. The number of benzene rings is 1. The summed E-state index contributed by atoms with van der Waals surface area (Å²) in [6.45, 7) is -0.484. The highest BCUT2D eigenvalue weighted by Crippen LogP contribution is 2.17. The van der Waals surface area contributed by atoms with E-state index >= 15 is 0 Å². The Hall–Kier alpha value is -1.64. The molecule has 2 N–H and O–H groups in total. The maximum atomic E-state index is 11.8. The van der Waals surface area contributed by atoms with Crippen LogP contribution in [0.2, 0.25) is 0 Å². The van der Waals surface area contributed by atoms with Crippen molar-refractivity contribution in [3.05, 3.63) is 33.4 Å². The highest BCUT2D eigenvalue weighted by Gasteiger charge is 2.19. The van der Waals surface area contributed by atoms with Crippen LogP contribution in [0.3, 0.4) is 0 Å².